The molecule has 1 heterocycles. The largest absolute Gasteiger partial charge is 0.373 e. The Morgan fingerprint density at radius 2 is 1.91 bits per heavy atom. The topological polar surface area (TPSA) is 12.5 Å². The van der Waals surface area contributed by atoms with Gasteiger partial charge in [-0.05, 0) is 62.7 Å². The Kier molecular flexibility index (Phi) is 7.58. The van der Waals surface area contributed by atoms with Crippen molar-refractivity contribution in [2.75, 3.05) is 26.2 Å². The highest BCUT2D eigenvalue weighted by Crippen LogP contribution is 2.27. The minimum atomic E-state index is 0.248. The predicted octanol–water partition coefficient (Wildman–Crippen LogP) is 5.15. The maximum atomic E-state index is 6.35. The second-order valence-corrected chi connectivity index (χ2v) is 7.30. The standard InChI is InChI=1S/C21H35NO/c1-5-9-19-14-17(3)10-11-20(19)21(6-2)23-16-18(4)15-22-12-7-8-13-22/h10-11,14,18,21H,5-9,12-13,15-16H2,1-4H3. The summed E-state index contributed by atoms with van der Waals surface area (Å²) in [5, 5.41) is 0. The minimum absolute atomic E-state index is 0.248. The van der Waals surface area contributed by atoms with Crippen molar-refractivity contribution in [3.05, 3.63) is 34.9 Å². The van der Waals surface area contributed by atoms with Crippen LogP contribution in [0.2, 0.25) is 0 Å². The fraction of sp³-hybridized carbons (Fsp3) is 0.714. The maximum Gasteiger partial charge on any atom is 0.0825 e. The summed E-state index contributed by atoms with van der Waals surface area (Å²) in [5.74, 6) is 0.613. The second kappa shape index (κ2) is 9.44. The third-order valence-electron chi connectivity index (χ3n) is 4.89. The lowest BCUT2D eigenvalue weighted by atomic mass is 9.95. The Hall–Kier alpha value is -0.860. The first kappa shape index (κ1) is 18.5. The molecule has 2 heteroatoms. The van der Waals surface area contributed by atoms with Crippen molar-refractivity contribution in [1.29, 1.82) is 0 Å². The van der Waals surface area contributed by atoms with Crippen LogP contribution in [0, 0.1) is 12.8 Å². The van der Waals surface area contributed by atoms with Crippen molar-refractivity contribution in [1.82, 2.24) is 4.90 Å². The van der Waals surface area contributed by atoms with Gasteiger partial charge in [-0.1, -0.05) is 51.0 Å². The summed E-state index contributed by atoms with van der Waals surface area (Å²) in [4.78, 5) is 2.59. The molecule has 0 spiro atoms. The van der Waals surface area contributed by atoms with Gasteiger partial charge in [0.15, 0.2) is 0 Å². The lowest BCUT2D eigenvalue weighted by Crippen LogP contribution is -2.28. The van der Waals surface area contributed by atoms with Crippen LogP contribution >= 0.6 is 0 Å². The van der Waals surface area contributed by atoms with E-state index < -0.39 is 0 Å². The molecule has 2 unspecified atom stereocenters. The van der Waals surface area contributed by atoms with E-state index in [-0.39, 0.29) is 6.10 Å². The van der Waals surface area contributed by atoms with Crippen LogP contribution < -0.4 is 0 Å². The molecule has 1 aromatic carbocycles. The van der Waals surface area contributed by atoms with E-state index in [1.165, 1.54) is 55.6 Å². The van der Waals surface area contributed by atoms with Gasteiger partial charge in [0, 0.05) is 6.54 Å². The predicted molar refractivity (Wildman–Crippen MR) is 99.0 cm³/mol. The molecular formula is C21H35NO. The molecule has 2 atom stereocenters. The van der Waals surface area contributed by atoms with Crippen molar-refractivity contribution < 1.29 is 4.74 Å². The molecule has 2 nitrogen and oxygen atoms in total. The zero-order valence-electron chi connectivity index (χ0n) is 15.6. The zero-order chi connectivity index (χ0) is 16.7. The molecule has 1 aromatic rings. The number of aryl methyl sites for hydroxylation is 2. The smallest absolute Gasteiger partial charge is 0.0825 e. The van der Waals surface area contributed by atoms with Gasteiger partial charge in [-0.15, -0.1) is 0 Å². The van der Waals surface area contributed by atoms with Gasteiger partial charge in [0.25, 0.3) is 0 Å². The molecule has 0 bridgehead atoms. The molecule has 0 radical (unpaired) electrons. The normalized spacial score (nSPS) is 18.3. The molecule has 1 fully saturated rings. The first-order valence-electron chi connectivity index (χ1n) is 9.57. The number of likely N-dealkylation sites (tertiary alicyclic amines) is 1. The van der Waals surface area contributed by atoms with E-state index in [0.29, 0.717) is 5.92 Å². The first-order valence-corrected chi connectivity index (χ1v) is 9.57. The minimum Gasteiger partial charge on any atom is -0.373 e. The fourth-order valence-corrected chi connectivity index (χ4v) is 3.70. The molecule has 0 saturated carbocycles. The lowest BCUT2D eigenvalue weighted by Gasteiger charge is -2.24. The molecule has 0 aromatic heterocycles. The molecule has 1 saturated heterocycles. The molecule has 0 amide bonds. The summed E-state index contributed by atoms with van der Waals surface area (Å²) in [6, 6.07) is 6.87. The third kappa shape index (κ3) is 5.61. The maximum absolute atomic E-state index is 6.35. The van der Waals surface area contributed by atoms with E-state index >= 15 is 0 Å². The molecule has 130 valence electrons. The number of hydrogen-bond acceptors (Lipinski definition) is 2. The van der Waals surface area contributed by atoms with Gasteiger partial charge in [-0.3, -0.25) is 0 Å². The third-order valence-corrected chi connectivity index (χ3v) is 4.89. The van der Waals surface area contributed by atoms with Gasteiger partial charge < -0.3 is 9.64 Å². The SMILES string of the molecule is CCCc1cc(C)ccc1C(CC)OCC(C)CN1CCCC1. The van der Waals surface area contributed by atoms with Crippen LogP contribution in [0.15, 0.2) is 18.2 Å². The van der Waals surface area contributed by atoms with Crippen molar-refractivity contribution >= 4 is 0 Å². The number of hydrogen-bond donors (Lipinski definition) is 0. The van der Waals surface area contributed by atoms with E-state index in [9.17, 15) is 0 Å². The lowest BCUT2D eigenvalue weighted by molar-refractivity contribution is 0.0223. The molecular weight excluding hydrogens is 282 g/mol. The van der Waals surface area contributed by atoms with Crippen molar-refractivity contribution in [2.24, 2.45) is 5.92 Å². The molecule has 0 aliphatic carbocycles. The van der Waals surface area contributed by atoms with Gasteiger partial charge >= 0.3 is 0 Å². The Labute approximate surface area is 143 Å². The number of rotatable bonds is 9. The summed E-state index contributed by atoms with van der Waals surface area (Å²) in [7, 11) is 0. The van der Waals surface area contributed by atoms with E-state index in [4.69, 9.17) is 4.74 Å². The highest BCUT2D eigenvalue weighted by atomic mass is 16.5. The summed E-state index contributed by atoms with van der Waals surface area (Å²) in [6.45, 7) is 13.6. The first-order chi connectivity index (χ1) is 11.1. The number of ether oxygens (including phenoxy) is 1. The molecule has 1 aliphatic rings. The van der Waals surface area contributed by atoms with E-state index in [1.54, 1.807) is 0 Å². The van der Waals surface area contributed by atoms with Crippen molar-refractivity contribution in [2.45, 2.75) is 65.9 Å². The van der Waals surface area contributed by atoms with Gasteiger partial charge in [-0.25, -0.2) is 0 Å². The number of benzene rings is 1. The summed E-state index contributed by atoms with van der Waals surface area (Å²) in [5.41, 5.74) is 4.24. The van der Waals surface area contributed by atoms with Crippen LogP contribution in [-0.4, -0.2) is 31.1 Å². The fourth-order valence-electron chi connectivity index (χ4n) is 3.70. The molecule has 0 N–H and O–H groups in total. The van der Waals surface area contributed by atoms with Gasteiger partial charge in [-0.2, -0.15) is 0 Å². The van der Waals surface area contributed by atoms with Crippen LogP contribution in [0.1, 0.15) is 69.2 Å². The van der Waals surface area contributed by atoms with Crippen LogP contribution in [0.5, 0.6) is 0 Å². The Morgan fingerprint density at radius 1 is 1.17 bits per heavy atom. The van der Waals surface area contributed by atoms with Crippen molar-refractivity contribution in [3.8, 4) is 0 Å². The average molecular weight is 318 g/mol. The van der Waals surface area contributed by atoms with Gasteiger partial charge in [0.1, 0.15) is 0 Å². The van der Waals surface area contributed by atoms with E-state index in [2.05, 4.69) is 50.8 Å². The molecule has 23 heavy (non-hydrogen) atoms. The van der Waals surface area contributed by atoms with Crippen LogP contribution in [0.4, 0.5) is 0 Å². The Balaban J connectivity index is 1.93. The van der Waals surface area contributed by atoms with Crippen molar-refractivity contribution in [3.63, 3.8) is 0 Å². The summed E-state index contributed by atoms with van der Waals surface area (Å²) >= 11 is 0. The highest BCUT2D eigenvalue weighted by Gasteiger charge is 2.18. The molecule has 2 rings (SSSR count). The zero-order valence-corrected chi connectivity index (χ0v) is 15.6. The number of nitrogens with zero attached hydrogens (tertiary/aromatic N) is 1. The van der Waals surface area contributed by atoms with Crippen LogP contribution in [0.25, 0.3) is 0 Å². The monoisotopic (exact) mass is 317 g/mol. The quantitative estimate of drug-likeness (QED) is 0.625. The van der Waals surface area contributed by atoms with Gasteiger partial charge in [0.2, 0.25) is 0 Å². The second-order valence-electron chi connectivity index (χ2n) is 7.30. The summed E-state index contributed by atoms with van der Waals surface area (Å²) in [6.07, 6.45) is 6.39. The van der Waals surface area contributed by atoms with E-state index in [0.717, 1.165) is 19.4 Å². The van der Waals surface area contributed by atoms with Gasteiger partial charge in [0.05, 0.1) is 12.7 Å². The summed E-state index contributed by atoms with van der Waals surface area (Å²) < 4.78 is 6.35. The highest BCUT2D eigenvalue weighted by molar-refractivity contribution is 5.33. The Morgan fingerprint density at radius 3 is 2.57 bits per heavy atom. The van der Waals surface area contributed by atoms with E-state index in [1.807, 2.05) is 0 Å². The Bertz CT molecular complexity index is 465. The average Bonchev–Trinajstić information content (AvgIpc) is 3.02. The van der Waals surface area contributed by atoms with Crippen LogP contribution in [0.3, 0.4) is 0 Å². The molecule has 1 aliphatic heterocycles. The van der Waals surface area contributed by atoms with Crippen LogP contribution in [-0.2, 0) is 11.2 Å².